The van der Waals surface area contributed by atoms with E-state index in [-0.39, 0.29) is 25.2 Å². The highest BCUT2D eigenvalue weighted by atomic mass is 16.5. The van der Waals surface area contributed by atoms with Crippen molar-refractivity contribution in [3.63, 3.8) is 0 Å². The van der Waals surface area contributed by atoms with E-state index < -0.39 is 0 Å². The molecule has 1 rings (SSSR count). The van der Waals surface area contributed by atoms with Crippen molar-refractivity contribution in [3.05, 3.63) is 6.33 Å². The lowest BCUT2D eigenvalue weighted by atomic mass is 10.7. The van der Waals surface area contributed by atoms with Crippen LogP contribution in [0.1, 0.15) is 0 Å². The molecule has 0 unspecified atom stereocenters. The number of terminal acetylenes is 2. The maximum Gasteiger partial charge on any atom is 0.323 e. The summed E-state index contributed by atoms with van der Waals surface area (Å²) in [7, 11) is 0. The van der Waals surface area contributed by atoms with Crippen LogP contribution < -0.4 is 9.47 Å². The van der Waals surface area contributed by atoms with Gasteiger partial charge in [0.25, 0.3) is 0 Å². The van der Waals surface area contributed by atoms with Crippen molar-refractivity contribution in [1.29, 1.82) is 0 Å². The topological polar surface area (TPSA) is 57.1 Å². The molecule has 0 aromatic carbocycles. The van der Waals surface area contributed by atoms with E-state index >= 15 is 0 Å². The number of rotatable bonds is 4. The van der Waals surface area contributed by atoms with E-state index in [2.05, 4.69) is 26.8 Å². The van der Waals surface area contributed by atoms with E-state index in [1.165, 1.54) is 6.33 Å². The lowest BCUT2D eigenvalue weighted by molar-refractivity contribution is 0.303. The molecule has 0 bridgehead atoms. The summed E-state index contributed by atoms with van der Waals surface area (Å²) in [6, 6.07) is 0.231. The van der Waals surface area contributed by atoms with Crippen LogP contribution in [0, 0.1) is 24.7 Å². The number of aromatic nitrogens is 3. The van der Waals surface area contributed by atoms with E-state index in [1.807, 2.05) is 0 Å². The third-order valence-corrected chi connectivity index (χ3v) is 1.10. The molecule has 0 saturated carbocycles. The highest BCUT2D eigenvalue weighted by molar-refractivity contribution is 5.02. The molecular formula is C9H7N3O2. The van der Waals surface area contributed by atoms with Crippen LogP contribution in [0.3, 0.4) is 0 Å². The van der Waals surface area contributed by atoms with Crippen molar-refractivity contribution < 1.29 is 9.47 Å². The minimum atomic E-state index is 0.0958. The van der Waals surface area contributed by atoms with Gasteiger partial charge in [0, 0.05) is 0 Å². The Morgan fingerprint density at radius 3 is 2.00 bits per heavy atom. The van der Waals surface area contributed by atoms with E-state index in [1.54, 1.807) is 0 Å². The van der Waals surface area contributed by atoms with Crippen LogP contribution in [0.25, 0.3) is 0 Å². The molecule has 0 amide bonds. The molecule has 0 aliphatic rings. The van der Waals surface area contributed by atoms with Gasteiger partial charge in [-0.05, 0) is 0 Å². The average molecular weight is 189 g/mol. The summed E-state index contributed by atoms with van der Waals surface area (Å²) in [6.45, 7) is 0.192. The van der Waals surface area contributed by atoms with Crippen molar-refractivity contribution in [2.75, 3.05) is 13.2 Å². The van der Waals surface area contributed by atoms with Crippen LogP contribution in [-0.2, 0) is 0 Å². The molecule has 5 nitrogen and oxygen atoms in total. The predicted octanol–water partition coefficient (Wildman–Crippen LogP) is -0.104. The Bertz CT molecular complexity index is 345. The van der Waals surface area contributed by atoms with Crippen molar-refractivity contribution in [2.24, 2.45) is 0 Å². The monoisotopic (exact) mass is 189 g/mol. The normalized spacial score (nSPS) is 8.43. The Morgan fingerprint density at radius 1 is 1.07 bits per heavy atom. The Morgan fingerprint density at radius 2 is 1.57 bits per heavy atom. The first-order valence-electron chi connectivity index (χ1n) is 3.68. The zero-order chi connectivity index (χ0) is 10.2. The Hall–Kier alpha value is -2.27. The Kier molecular flexibility index (Phi) is 3.78. The van der Waals surface area contributed by atoms with E-state index in [9.17, 15) is 0 Å². The second kappa shape index (κ2) is 5.39. The highest BCUT2D eigenvalue weighted by Crippen LogP contribution is 2.05. The van der Waals surface area contributed by atoms with Crippen molar-refractivity contribution in [3.8, 4) is 36.7 Å². The molecule has 0 aliphatic heterocycles. The number of nitrogens with zero attached hydrogens (tertiary/aromatic N) is 3. The van der Waals surface area contributed by atoms with Crippen LogP contribution in [0.4, 0.5) is 0 Å². The molecule has 1 heterocycles. The maximum atomic E-state index is 4.99. The SMILES string of the molecule is C#CCOc1ncnc(OCC#C)n1. The lowest BCUT2D eigenvalue weighted by Crippen LogP contribution is -2.03. The summed E-state index contributed by atoms with van der Waals surface area (Å²) < 4.78 is 9.89. The summed E-state index contributed by atoms with van der Waals surface area (Å²) in [5.41, 5.74) is 0. The molecule has 70 valence electrons. The molecule has 0 atom stereocenters. The average Bonchev–Trinajstić information content (AvgIpc) is 2.24. The van der Waals surface area contributed by atoms with Crippen molar-refractivity contribution >= 4 is 0 Å². The van der Waals surface area contributed by atoms with E-state index in [0.29, 0.717) is 0 Å². The molecule has 0 spiro atoms. The van der Waals surface area contributed by atoms with Crippen LogP contribution in [0.2, 0.25) is 0 Å². The van der Waals surface area contributed by atoms with E-state index in [0.717, 1.165) is 0 Å². The van der Waals surface area contributed by atoms with Gasteiger partial charge >= 0.3 is 12.0 Å². The molecular weight excluding hydrogens is 182 g/mol. The molecule has 5 heteroatoms. The van der Waals surface area contributed by atoms with Gasteiger partial charge in [0.1, 0.15) is 6.33 Å². The van der Waals surface area contributed by atoms with Gasteiger partial charge in [-0.15, -0.1) is 17.8 Å². The molecule has 0 radical (unpaired) electrons. The molecule has 0 saturated heterocycles. The second-order valence-corrected chi connectivity index (χ2v) is 2.04. The summed E-state index contributed by atoms with van der Waals surface area (Å²) in [4.78, 5) is 11.2. The first-order chi connectivity index (χ1) is 6.86. The molecule has 0 aliphatic carbocycles. The Balaban J connectivity index is 2.61. The minimum absolute atomic E-state index is 0.0958. The van der Waals surface area contributed by atoms with Gasteiger partial charge in [0.15, 0.2) is 13.2 Å². The first kappa shape index (κ1) is 9.82. The fourth-order valence-electron chi connectivity index (χ4n) is 0.619. The highest BCUT2D eigenvalue weighted by Gasteiger charge is 2.00. The summed E-state index contributed by atoms with van der Waals surface area (Å²) in [5, 5.41) is 0. The van der Waals surface area contributed by atoms with Crippen LogP contribution in [0.5, 0.6) is 12.0 Å². The van der Waals surface area contributed by atoms with Gasteiger partial charge in [-0.25, -0.2) is 0 Å². The van der Waals surface area contributed by atoms with Crippen molar-refractivity contribution in [1.82, 2.24) is 15.0 Å². The van der Waals surface area contributed by atoms with Gasteiger partial charge in [-0.3, -0.25) is 0 Å². The first-order valence-corrected chi connectivity index (χ1v) is 3.68. The van der Waals surface area contributed by atoms with Crippen LogP contribution >= 0.6 is 0 Å². The molecule has 0 fully saturated rings. The van der Waals surface area contributed by atoms with Gasteiger partial charge in [0.05, 0.1) is 0 Å². The standard InChI is InChI=1S/C9H7N3O2/c1-3-5-13-8-10-7-11-9(12-8)14-6-4-2/h1-2,7H,5-6H2. The zero-order valence-corrected chi connectivity index (χ0v) is 7.30. The number of hydrogen-bond acceptors (Lipinski definition) is 5. The molecule has 1 aromatic heterocycles. The van der Waals surface area contributed by atoms with Gasteiger partial charge in [0.2, 0.25) is 0 Å². The second-order valence-electron chi connectivity index (χ2n) is 2.04. The summed E-state index contributed by atoms with van der Waals surface area (Å²) in [5.74, 6) is 4.57. The summed E-state index contributed by atoms with van der Waals surface area (Å²) >= 11 is 0. The van der Waals surface area contributed by atoms with Gasteiger partial charge < -0.3 is 9.47 Å². The van der Waals surface area contributed by atoms with Crippen LogP contribution in [0.15, 0.2) is 6.33 Å². The minimum Gasteiger partial charge on any atom is -0.450 e. The van der Waals surface area contributed by atoms with Gasteiger partial charge in [-0.1, -0.05) is 11.8 Å². The van der Waals surface area contributed by atoms with Crippen LogP contribution in [-0.4, -0.2) is 28.2 Å². The lowest BCUT2D eigenvalue weighted by Gasteiger charge is -2.01. The summed E-state index contributed by atoms with van der Waals surface area (Å²) in [6.07, 6.45) is 11.2. The van der Waals surface area contributed by atoms with Gasteiger partial charge in [-0.2, -0.15) is 9.97 Å². The zero-order valence-electron chi connectivity index (χ0n) is 7.30. The van der Waals surface area contributed by atoms with Crippen molar-refractivity contribution in [2.45, 2.75) is 0 Å². The fourth-order valence-corrected chi connectivity index (χ4v) is 0.619. The number of ether oxygens (including phenoxy) is 2. The third kappa shape index (κ3) is 3.00. The fraction of sp³-hybridized carbons (Fsp3) is 0.222. The maximum absolute atomic E-state index is 4.99. The van der Waals surface area contributed by atoms with E-state index in [4.69, 9.17) is 22.3 Å². The number of hydrogen-bond donors (Lipinski definition) is 0. The predicted molar refractivity (Wildman–Crippen MR) is 48.5 cm³/mol. The third-order valence-electron chi connectivity index (χ3n) is 1.10. The Labute approximate surface area is 81.5 Å². The quantitative estimate of drug-likeness (QED) is 0.619. The molecule has 14 heavy (non-hydrogen) atoms. The smallest absolute Gasteiger partial charge is 0.323 e. The molecule has 1 aromatic rings. The molecule has 0 N–H and O–H groups in total. The largest absolute Gasteiger partial charge is 0.450 e.